The number of carbonyl (C=O) groups is 1. The van der Waals surface area contributed by atoms with Crippen molar-refractivity contribution in [2.45, 2.75) is 19.6 Å². The number of rotatable bonds is 6. The SMILES string of the molecule is Cc1c[nH]c2nccc(Oc3ccc(NC(=O)Nc4ccc(CN5CCN(C)CC5)c(C(F)(F)F)c4)c(F)c3)c12. The predicted molar refractivity (Wildman–Crippen MR) is 144 cm³/mol. The summed E-state index contributed by atoms with van der Waals surface area (Å²) in [5.74, 6) is -0.0947. The molecule has 0 bridgehead atoms. The first-order valence-electron chi connectivity index (χ1n) is 12.7. The maximum atomic E-state index is 14.8. The van der Waals surface area contributed by atoms with Gasteiger partial charge in [0, 0.05) is 56.9 Å². The molecule has 0 radical (unpaired) electrons. The molecule has 3 heterocycles. The van der Waals surface area contributed by atoms with E-state index < -0.39 is 23.6 Å². The molecule has 0 spiro atoms. The Morgan fingerprint density at radius 1 is 1.07 bits per heavy atom. The summed E-state index contributed by atoms with van der Waals surface area (Å²) < 4.78 is 62.2. The Labute approximate surface area is 227 Å². The van der Waals surface area contributed by atoms with Crippen LogP contribution in [0, 0.1) is 12.7 Å². The van der Waals surface area contributed by atoms with Gasteiger partial charge in [-0.25, -0.2) is 14.2 Å². The molecule has 0 unspecified atom stereocenters. The normalized spacial score (nSPS) is 14.8. The summed E-state index contributed by atoms with van der Waals surface area (Å²) in [5, 5.41) is 5.46. The lowest BCUT2D eigenvalue weighted by molar-refractivity contribution is -0.138. The smallest absolute Gasteiger partial charge is 0.416 e. The summed E-state index contributed by atoms with van der Waals surface area (Å²) in [6.45, 7) is 4.95. The molecule has 2 aromatic carbocycles. The van der Waals surface area contributed by atoms with Crippen LogP contribution in [0.2, 0.25) is 0 Å². The first-order valence-corrected chi connectivity index (χ1v) is 12.7. The second-order valence-electron chi connectivity index (χ2n) is 9.78. The van der Waals surface area contributed by atoms with Gasteiger partial charge in [0.25, 0.3) is 0 Å². The third-order valence-electron chi connectivity index (χ3n) is 6.81. The fraction of sp³-hybridized carbons (Fsp3) is 0.286. The maximum Gasteiger partial charge on any atom is 0.416 e. The number of nitrogens with zero attached hydrogens (tertiary/aromatic N) is 3. The first-order chi connectivity index (χ1) is 19.1. The van der Waals surface area contributed by atoms with Crippen molar-refractivity contribution in [3.8, 4) is 11.5 Å². The zero-order valence-corrected chi connectivity index (χ0v) is 21.9. The third-order valence-corrected chi connectivity index (χ3v) is 6.81. The zero-order chi connectivity index (χ0) is 28.4. The van der Waals surface area contributed by atoms with E-state index in [1.165, 1.54) is 24.3 Å². The highest BCUT2D eigenvalue weighted by Gasteiger charge is 2.34. The van der Waals surface area contributed by atoms with Crippen LogP contribution < -0.4 is 15.4 Å². The van der Waals surface area contributed by atoms with Gasteiger partial charge in [-0.3, -0.25) is 4.90 Å². The average molecular weight is 557 g/mol. The van der Waals surface area contributed by atoms with Gasteiger partial charge in [-0.1, -0.05) is 6.07 Å². The molecule has 1 saturated heterocycles. The Kier molecular flexibility index (Phi) is 7.63. The molecule has 5 rings (SSSR count). The Balaban J connectivity index is 1.26. The Hall–Kier alpha value is -4.16. The van der Waals surface area contributed by atoms with Gasteiger partial charge in [0.05, 0.1) is 16.6 Å². The van der Waals surface area contributed by atoms with Crippen molar-refractivity contribution in [1.82, 2.24) is 19.8 Å². The number of pyridine rings is 1. The average Bonchev–Trinajstić information content (AvgIpc) is 3.29. The number of amides is 2. The fourth-order valence-corrected chi connectivity index (χ4v) is 4.64. The number of halogens is 4. The number of carbonyl (C=O) groups excluding carboxylic acids is 1. The molecule has 0 atom stereocenters. The van der Waals surface area contributed by atoms with Crippen LogP contribution in [0.1, 0.15) is 16.7 Å². The highest BCUT2D eigenvalue weighted by Crippen LogP contribution is 2.35. The van der Waals surface area contributed by atoms with Crippen molar-refractivity contribution in [3.63, 3.8) is 0 Å². The topological polar surface area (TPSA) is 85.5 Å². The number of likely N-dealkylation sites (N-methyl/N-ethyl adjacent to an activating group) is 1. The van der Waals surface area contributed by atoms with E-state index in [-0.39, 0.29) is 29.2 Å². The summed E-state index contributed by atoms with van der Waals surface area (Å²) >= 11 is 0. The number of alkyl halides is 3. The van der Waals surface area contributed by atoms with E-state index in [1.54, 1.807) is 18.5 Å². The van der Waals surface area contributed by atoms with Crippen molar-refractivity contribution in [2.24, 2.45) is 0 Å². The van der Waals surface area contributed by atoms with E-state index >= 15 is 0 Å². The van der Waals surface area contributed by atoms with Gasteiger partial charge in [0.15, 0.2) is 0 Å². The molecule has 2 aromatic heterocycles. The lowest BCUT2D eigenvalue weighted by Gasteiger charge is -2.33. The molecule has 0 aliphatic carbocycles. The zero-order valence-electron chi connectivity index (χ0n) is 21.9. The van der Waals surface area contributed by atoms with Crippen LogP contribution in [0.3, 0.4) is 0 Å². The largest absolute Gasteiger partial charge is 0.456 e. The molecule has 8 nitrogen and oxygen atoms in total. The molecule has 210 valence electrons. The third kappa shape index (κ3) is 6.18. The van der Waals surface area contributed by atoms with Crippen LogP contribution >= 0.6 is 0 Å². The van der Waals surface area contributed by atoms with E-state index in [0.29, 0.717) is 24.5 Å². The van der Waals surface area contributed by atoms with Crippen LogP contribution in [-0.2, 0) is 12.7 Å². The number of aromatic nitrogens is 2. The second-order valence-corrected chi connectivity index (χ2v) is 9.78. The molecule has 1 aliphatic rings. The maximum absolute atomic E-state index is 14.8. The standard InChI is InChI=1S/C28H28F4N6O2/c1-17-15-34-26-25(17)24(7-8-33-26)40-20-5-6-23(22(29)14-20)36-27(39)35-19-4-3-18(21(13-19)28(30,31)32)16-38-11-9-37(2)10-12-38/h3-8,13-15H,9-12,16H2,1-2H3,(H,33,34)(H2,35,36,39). The number of piperazine rings is 1. The van der Waals surface area contributed by atoms with Crippen LogP contribution in [0.15, 0.2) is 54.9 Å². The number of urea groups is 1. The Bertz CT molecular complexity index is 1530. The highest BCUT2D eigenvalue weighted by atomic mass is 19.4. The van der Waals surface area contributed by atoms with Crippen molar-refractivity contribution >= 4 is 28.4 Å². The minimum absolute atomic E-state index is 0.0594. The van der Waals surface area contributed by atoms with Crippen molar-refractivity contribution in [3.05, 3.63) is 77.4 Å². The number of benzene rings is 2. The number of hydrogen-bond acceptors (Lipinski definition) is 5. The first kappa shape index (κ1) is 27.4. The fourth-order valence-electron chi connectivity index (χ4n) is 4.64. The van der Waals surface area contributed by atoms with Crippen LogP contribution in [-0.4, -0.2) is 59.0 Å². The quantitative estimate of drug-likeness (QED) is 0.246. The van der Waals surface area contributed by atoms with E-state index in [1.807, 2.05) is 18.9 Å². The minimum Gasteiger partial charge on any atom is -0.456 e. The van der Waals surface area contributed by atoms with E-state index in [9.17, 15) is 22.4 Å². The number of anilines is 2. The molecular weight excluding hydrogens is 528 g/mol. The molecule has 3 N–H and O–H groups in total. The van der Waals surface area contributed by atoms with Gasteiger partial charge >= 0.3 is 12.2 Å². The van der Waals surface area contributed by atoms with Crippen molar-refractivity contribution in [2.75, 3.05) is 43.9 Å². The van der Waals surface area contributed by atoms with E-state index in [4.69, 9.17) is 4.74 Å². The van der Waals surface area contributed by atoms with Gasteiger partial charge in [0.1, 0.15) is 23.0 Å². The number of nitrogens with one attached hydrogen (secondary N) is 3. The van der Waals surface area contributed by atoms with Crippen molar-refractivity contribution in [1.29, 1.82) is 0 Å². The molecule has 12 heteroatoms. The van der Waals surface area contributed by atoms with Crippen LogP contribution in [0.4, 0.5) is 33.7 Å². The number of ether oxygens (including phenoxy) is 1. The molecule has 1 fully saturated rings. The number of aryl methyl sites for hydroxylation is 1. The number of aromatic amines is 1. The van der Waals surface area contributed by atoms with Crippen LogP contribution in [0.25, 0.3) is 11.0 Å². The predicted octanol–water partition coefficient (Wildman–Crippen LogP) is 6.21. The summed E-state index contributed by atoms with van der Waals surface area (Å²) in [6.07, 6.45) is -1.25. The summed E-state index contributed by atoms with van der Waals surface area (Å²) in [5.41, 5.74) is 0.632. The molecule has 2 amide bonds. The monoisotopic (exact) mass is 556 g/mol. The Morgan fingerprint density at radius 3 is 2.58 bits per heavy atom. The molecule has 1 aliphatic heterocycles. The lowest BCUT2D eigenvalue weighted by Crippen LogP contribution is -2.44. The van der Waals surface area contributed by atoms with Gasteiger partial charge < -0.3 is 25.3 Å². The van der Waals surface area contributed by atoms with Crippen LogP contribution in [0.5, 0.6) is 11.5 Å². The summed E-state index contributed by atoms with van der Waals surface area (Å²) in [6, 6.07) is 8.35. The molecule has 4 aromatic rings. The van der Waals surface area contributed by atoms with E-state index in [0.717, 1.165) is 36.2 Å². The van der Waals surface area contributed by atoms with Gasteiger partial charge in [-0.15, -0.1) is 0 Å². The number of fused-ring (bicyclic) bond motifs is 1. The molecular formula is C28H28F4N6O2. The van der Waals surface area contributed by atoms with Gasteiger partial charge in [0.2, 0.25) is 0 Å². The summed E-state index contributed by atoms with van der Waals surface area (Å²) in [4.78, 5) is 23.9. The highest BCUT2D eigenvalue weighted by molar-refractivity contribution is 6.00. The Morgan fingerprint density at radius 2 is 1.85 bits per heavy atom. The summed E-state index contributed by atoms with van der Waals surface area (Å²) in [7, 11) is 1.97. The molecule has 0 saturated carbocycles. The van der Waals surface area contributed by atoms with Crippen molar-refractivity contribution < 1.29 is 27.1 Å². The minimum atomic E-state index is -4.60. The molecule has 40 heavy (non-hydrogen) atoms. The lowest BCUT2D eigenvalue weighted by atomic mass is 10.0. The second kappa shape index (κ2) is 11.1. The van der Waals surface area contributed by atoms with E-state index in [2.05, 4.69) is 25.5 Å². The number of hydrogen-bond donors (Lipinski definition) is 3. The van der Waals surface area contributed by atoms with Gasteiger partial charge in [-0.2, -0.15) is 13.2 Å². The number of H-pyrrole nitrogens is 1. The van der Waals surface area contributed by atoms with Gasteiger partial charge in [-0.05, 0) is 55.4 Å².